The minimum atomic E-state index is -0.0590. The Morgan fingerprint density at radius 1 is 1.33 bits per heavy atom. The number of carbonyl (C=O) groups excluding carboxylic acids is 1. The van der Waals surface area contributed by atoms with Crippen molar-refractivity contribution in [1.82, 2.24) is 4.90 Å². The standard InChI is InChI=1S/C15H25N3O3/c1-21-11-9-18(8-10-19)7-6-15(20)17-14-5-3-2-4-13(14)12-16/h2-5,19H,6-12,16H2,1H3,(H,17,20). The lowest BCUT2D eigenvalue weighted by atomic mass is 10.1. The lowest BCUT2D eigenvalue weighted by Gasteiger charge is -2.20. The summed E-state index contributed by atoms with van der Waals surface area (Å²) in [7, 11) is 1.63. The molecule has 0 unspecified atom stereocenters. The fourth-order valence-electron chi connectivity index (χ4n) is 1.99. The van der Waals surface area contributed by atoms with Crippen LogP contribution in [0.1, 0.15) is 12.0 Å². The number of nitrogens with zero attached hydrogens (tertiary/aromatic N) is 1. The molecule has 0 aliphatic carbocycles. The summed E-state index contributed by atoms with van der Waals surface area (Å²) < 4.78 is 5.01. The Bertz CT molecular complexity index is 426. The number of carbonyl (C=O) groups is 1. The van der Waals surface area contributed by atoms with E-state index in [9.17, 15) is 4.79 Å². The number of hydrogen-bond donors (Lipinski definition) is 3. The zero-order chi connectivity index (χ0) is 15.5. The van der Waals surface area contributed by atoms with Gasteiger partial charge >= 0.3 is 0 Å². The van der Waals surface area contributed by atoms with E-state index in [0.717, 1.165) is 11.3 Å². The van der Waals surface area contributed by atoms with Crippen molar-refractivity contribution in [3.8, 4) is 0 Å². The summed E-state index contributed by atoms with van der Waals surface area (Å²) in [6.07, 6.45) is 0.364. The van der Waals surface area contributed by atoms with Crippen LogP contribution in [0.4, 0.5) is 5.69 Å². The maximum absolute atomic E-state index is 12.0. The van der Waals surface area contributed by atoms with Gasteiger partial charge in [0.1, 0.15) is 0 Å². The highest BCUT2D eigenvalue weighted by Gasteiger charge is 2.09. The van der Waals surface area contributed by atoms with Crippen molar-refractivity contribution >= 4 is 11.6 Å². The van der Waals surface area contributed by atoms with Gasteiger partial charge in [-0.3, -0.25) is 9.69 Å². The number of methoxy groups -OCH3 is 1. The van der Waals surface area contributed by atoms with Gasteiger partial charge in [-0.05, 0) is 11.6 Å². The van der Waals surface area contributed by atoms with Crippen molar-refractivity contribution in [3.05, 3.63) is 29.8 Å². The summed E-state index contributed by atoms with van der Waals surface area (Å²) in [4.78, 5) is 14.0. The van der Waals surface area contributed by atoms with E-state index in [1.165, 1.54) is 0 Å². The third-order valence-electron chi connectivity index (χ3n) is 3.19. The number of nitrogens with two attached hydrogens (primary N) is 1. The fourth-order valence-corrected chi connectivity index (χ4v) is 1.99. The van der Waals surface area contributed by atoms with Crippen LogP contribution in [0.15, 0.2) is 24.3 Å². The molecule has 0 spiro atoms. The highest BCUT2D eigenvalue weighted by Crippen LogP contribution is 2.14. The largest absolute Gasteiger partial charge is 0.395 e. The Balaban J connectivity index is 2.45. The van der Waals surface area contributed by atoms with Gasteiger partial charge in [0.2, 0.25) is 5.91 Å². The normalized spacial score (nSPS) is 10.9. The molecule has 1 rings (SSSR count). The number of aliphatic hydroxyl groups is 1. The highest BCUT2D eigenvalue weighted by molar-refractivity contribution is 5.91. The summed E-state index contributed by atoms with van der Waals surface area (Å²) in [6, 6.07) is 7.50. The van der Waals surface area contributed by atoms with E-state index in [0.29, 0.717) is 39.2 Å². The fraction of sp³-hybridized carbons (Fsp3) is 0.533. The smallest absolute Gasteiger partial charge is 0.225 e. The molecule has 21 heavy (non-hydrogen) atoms. The van der Waals surface area contributed by atoms with Gasteiger partial charge in [0, 0.05) is 45.4 Å². The first kappa shape index (κ1) is 17.6. The number of benzene rings is 1. The third kappa shape index (κ3) is 6.68. The van der Waals surface area contributed by atoms with Crippen molar-refractivity contribution in [2.24, 2.45) is 5.73 Å². The van der Waals surface area contributed by atoms with Gasteiger partial charge in [0.05, 0.1) is 13.2 Å². The number of amides is 1. The Kier molecular flexibility index (Phi) is 8.61. The van der Waals surface area contributed by atoms with Gasteiger partial charge in [-0.1, -0.05) is 18.2 Å². The van der Waals surface area contributed by atoms with Gasteiger partial charge in [0.25, 0.3) is 0 Å². The van der Waals surface area contributed by atoms with Crippen LogP contribution >= 0.6 is 0 Å². The number of para-hydroxylation sites is 1. The van der Waals surface area contributed by atoms with Gasteiger partial charge in [0.15, 0.2) is 0 Å². The lowest BCUT2D eigenvalue weighted by Crippen LogP contribution is -2.33. The number of nitrogens with one attached hydrogen (secondary N) is 1. The maximum atomic E-state index is 12.0. The second kappa shape index (κ2) is 10.3. The molecule has 6 heteroatoms. The monoisotopic (exact) mass is 295 g/mol. The van der Waals surface area contributed by atoms with E-state index < -0.39 is 0 Å². The number of aliphatic hydroxyl groups excluding tert-OH is 1. The molecule has 0 aliphatic rings. The van der Waals surface area contributed by atoms with E-state index >= 15 is 0 Å². The third-order valence-corrected chi connectivity index (χ3v) is 3.19. The van der Waals surface area contributed by atoms with Gasteiger partial charge in [-0.25, -0.2) is 0 Å². The van der Waals surface area contributed by atoms with Crippen LogP contribution in [0.5, 0.6) is 0 Å². The van der Waals surface area contributed by atoms with E-state index in [2.05, 4.69) is 5.32 Å². The molecule has 4 N–H and O–H groups in total. The van der Waals surface area contributed by atoms with Gasteiger partial charge in [-0.2, -0.15) is 0 Å². The number of hydrogen-bond acceptors (Lipinski definition) is 5. The molecule has 0 saturated heterocycles. The molecular weight excluding hydrogens is 270 g/mol. The van der Waals surface area contributed by atoms with Crippen LogP contribution in [-0.2, 0) is 16.1 Å². The van der Waals surface area contributed by atoms with Crippen LogP contribution in [0.25, 0.3) is 0 Å². The number of rotatable bonds is 10. The van der Waals surface area contributed by atoms with E-state index in [1.807, 2.05) is 29.2 Å². The Hall–Kier alpha value is -1.47. The number of anilines is 1. The minimum Gasteiger partial charge on any atom is -0.395 e. The average Bonchev–Trinajstić information content (AvgIpc) is 2.50. The second-order valence-corrected chi connectivity index (χ2v) is 4.72. The summed E-state index contributed by atoms with van der Waals surface area (Å²) in [5.74, 6) is -0.0590. The van der Waals surface area contributed by atoms with Crippen molar-refractivity contribution < 1.29 is 14.6 Å². The molecule has 1 aromatic rings. The molecule has 0 atom stereocenters. The highest BCUT2D eigenvalue weighted by atomic mass is 16.5. The van der Waals surface area contributed by atoms with E-state index in [4.69, 9.17) is 15.6 Å². The maximum Gasteiger partial charge on any atom is 0.225 e. The first-order valence-electron chi connectivity index (χ1n) is 7.11. The predicted octanol–water partition coefficient (Wildman–Crippen LogP) is 0.415. The van der Waals surface area contributed by atoms with Crippen LogP contribution in [0, 0.1) is 0 Å². The molecule has 0 radical (unpaired) electrons. The molecular formula is C15H25N3O3. The molecule has 6 nitrogen and oxygen atoms in total. The van der Waals surface area contributed by atoms with Crippen molar-refractivity contribution in [2.45, 2.75) is 13.0 Å². The topological polar surface area (TPSA) is 87.8 Å². The van der Waals surface area contributed by atoms with Crippen molar-refractivity contribution in [1.29, 1.82) is 0 Å². The first-order valence-corrected chi connectivity index (χ1v) is 7.11. The summed E-state index contributed by atoms with van der Waals surface area (Å²) in [5.41, 5.74) is 7.32. The van der Waals surface area contributed by atoms with Crippen LogP contribution in [0.2, 0.25) is 0 Å². The predicted molar refractivity (Wildman–Crippen MR) is 83.0 cm³/mol. The molecule has 118 valence electrons. The summed E-state index contributed by atoms with van der Waals surface area (Å²) in [6.45, 7) is 2.86. The summed E-state index contributed by atoms with van der Waals surface area (Å²) in [5, 5.41) is 11.9. The Morgan fingerprint density at radius 2 is 2.10 bits per heavy atom. The molecule has 0 fully saturated rings. The van der Waals surface area contributed by atoms with Crippen LogP contribution in [-0.4, -0.2) is 55.9 Å². The molecule has 0 aromatic heterocycles. The quantitative estimate of drug-likeness (QED) is 0.582. The molecule has 0 bridgehead atoms. The van der Waals surface area contributed by atoms with Crippen molar-refractivity contribution in [3.63, 3.8) is 0 Å². The second-order valence-electron chi connectivity index (χ2n) is 4.72. The molecule has 1 aromatic carbocycles. The zero-order valence-corrected chi connectivity index (χ0v) is 12.5. The van der Waals surface area contributed by atoms with Crippen LogP contribution in [0.3, 0.4) is 0 Å². The molecule has 0 saturated carbocycles. The minimum absolute atomic E-state index is 0.0590. The molecule has 1 amide bonds. The summed E-state index contributed by atoms with van der Waals surface area (Å²) >= 11 is 0. The van der Waals surface area contributed by atoms with Gasteiger partial charge < -0.3 is 20.9 Å². The van der Waals surface area contributed by atoms with Crippen molar-refractivity contribution in [2.75, 3.05) is 45.3 Å². The number of ether oxygens (including phenoxy) is 1. The van der Waals surface area contributed by atoms with Gasteiger partial charge in [-0.15, -0.1) is 0 Å². The van der Waals surface area contributed by atoms with E-state index in [-0.39, 0.29) is 12.5 Å². The Labute approximate surface area is 125 Å². The average molecular weight is 295 g/mol. The zero-order valence-electron chi connectivity index (χ0n) is 12.5. The van der Waals surface area contributed by atoms with Crippen LogP contribution < -0.4 is 11.1 Å². The first-order chi connectivity index (χ1) is 10.2. The lowest BCUT2D eigenvalue weighted by molar-refractivity contribution is -0.116. The molecule has 0 aliphatic heterocycles. The van der Waals surface area contributed by atoms with E-state index in [1.54, 1.807) is 7.11 Å². The molecule has 0 heterocycles. The SMILES string of the molecule is COCCN(CCO)CCC(=O)Nc1ccccc1CN. The Morgan fingerprint density at radius 3 is 2.76 bits per heavy atom.